The Morgan fingerprint density at radius 3 is 2.43 bits per heavy atom. The Morgan fingerprint density at radius 2 is 1.70 bits per heavy atom. The molecule has 0 unspecified atom stereocenters. The zero-order valence-corrected chi connectivity index (χ0v) is 13.5. The second-order valence-corrected chi connectivity index (χ2v) is 6.24. The molecule has 0 aliphatic carbocycles. The molecular weight excluding hydrogens is 286 g/mol. The van der Waals surface area contributed by atoms with Crippen molar-refractivity contribution in [1.82, 2.24) is 15.2 Å². The van der Waals surface area contributed by atoms with Gasteiger partial charge in [-0.1, -0.05) is 24.3 Å². The molecule has 0 radical (unpaired) electrons. The van der Waals surface area contributed by atoms with Gasteiger partial charge >= 0.3 is 0 Å². The summed E-state index contributed by atoms with van der Waals surface area (Å²) in [7, 11) is 0. The summed E-state index contributed by atoms with van der Waals surface area (Å²) in [5, 5.41) is 13.1. The molecular formula is C19H25N3O. The minimum atomic E-state index is -0.108. The Morgan fingerprint density at radius 1 is 1.00 bits per heavy atom. The topological polar surface area (TPSA) is 48.4 Å². The van der Waals surface area contributed by atoms with E-state index >= 15 is 0 Å². The maximum atomic E-state index is 9.63. The van der Waals surface area contributed by atoms with Crippen molar-refractivity contribution in [3.63, 3.8) is 0 Å². The second-order valence-electron chi connectivity index (χ2n) is 6.24. The third-order valence-corrected chi connectivity index (χ3v) is 4.46. The van der Waals surface area contributed by atoms with E-state index in [-0.39, 0.29) is 6.10 Å². The highest BCUT2D eigenvalue weighted by Gasteiger charge is 2.17. The zero-order chi connectivity index (χ0) is 15.9. The molecule has 2 aromatic rings. The van der Waals surface area contributed by atoms with Crippen molar-refractivity contribution >= 4 is 0 Å². The predicted octanol–water partition coefficient (Wildman–Crippen LogP) is 2.33. The fraction of sp³-hybridized carbons (Fsp3) is 0.421. The van der Waals surface area contributed by atoms with Crippen molar-refractivity contribution in [2.45, 2.75) is 38.6 Å². The highest BCUT2D eigenvalue weighted by Crippen LogP contribution is 2.16. The van der Waals surface area contributed by atoms with E-state index in [1.165, 1.54) is 16.7 Å². The quantitative estimate of drug-likeness (QED) is 0.859. The minimum absolute atomic E-state index is 0.108. The molecule has 3 rings (SSSR count). The third-order valence-electron chi connectivity index (χ3n) is 4.46. The molecule has 0 spiro atoms. The van der Waals surface area contributed by atoms with Crippen LogP contribution in [0.4, 0.5) is 0 Å². The molecule has 0 saturated carbocycles. The van der Waals surface area contributed by atoms with Crippen LogP contribution in [0.15, 0.2) is 48.8 Å². The molecule has 1 aliphatic heterocycles. The fourth-order valence-electron chi connectivity index (χ4n) is 3.04. The van der Waals surface area contributed by atoms with Gasteiger partial charge in [0.2, 0.25) is 0 Å². The summed E-state index contributed by atoms with van der Waals surface area (Å²) >= 11 is 0. The monoisotopic (exact) mass is 311 g/mol. The van der Waals surface area contributed by atoms with Crippen LogP contribution in [-0.2, 0) is 19.6 Å². The van der Waals surface area contributed by atoms with Crippen LogP contribution in [-0.4, -0.2) is 34.2 Å². The molecule has 0 atom stereocenters. The number of likely N-dealkylation sites (tertiary alicyclic amines) is 1. The van der Waals surface area contributed by atoms with Crippen LogP contribution in [0.1, 0.15) is 29.5 Å². The van der Waals surface area contributed by atoms with Gasteiger partial charge in [0.05, 0.1) is 6.10 Å². The van der Waals surface area contributed by atoms with Crippen LogP contribution in [0.25, 0.3) is 0 Å². The number of nitrogens with zero attached hydrogens (tertiary/aromatic N) is 2. The molecule has 1 aliphatic rings. The lowest BCUT2D eigenvalue weighted by molar-refractivity contribution is 0.0791. The number of aliphatic hydroxyl groups excluding tert-OH is 1. The van der Waals surface area contributed by atoms with E-state index in [1.54, 1.807) is 0 Å². The number of aliphatic hydroxyl groups is 1. The summed E-state index contributed by atoms with van der Waals surface area (Å²) in [6.07, 6.45) is 5.33. The van der Waals surface area contributed by atoms with Gasteiger partial charge in [-0.05, 0) is 41.7 Å². The maximum absolute atomic E-state index is 9.63. The van der Waals surface area contributed by atoms with Crippen LogP contribution in [0.3, 0.4) is 0 Å². The van der Waals surface area contributed by atoms with Crippen molar-refractivity contribution in [3.8, 4) is 0 Å². The molecule has 0 amide bonds. The molecule has 0 bridgehead atoms. The highest BCUT2D eigenvalue weighted by atomic mass is 16.3. The first-order valence-corrected chi connectivity index (χ1v) is 8.38. The van der Waals surface area contributed by atoms with E-state index < -0.39 is 0 Å². The maximum Gasteiger partial charge on any atom is 0.0564 e. The van der Waals surface area contributed by atoms with Crippen LogP contribution in [0.5, 0.6) is 0 Å². The molecule has 1 aromatic carbocycles. The first-order valence-electron chi connectivity index (χ1n) is 8.38. The number of piperidine rings is 1. The SMILES string of the molecule is OC1CCN(Cc2ccccc2CNCc2ccncc2)CC1. The molecule has 122 valence electrons. The van der Waals surface area contributed by atoms with E-state index in [0.717, 1.165) is 45.6 Å². The van der Waals surface area contributed by atoms with Gasteiger partial charge in [-0.15, -0.1) is 0 Å². The number of aromatic nitrogens is 1. The zero-order valence-electron chi connectivity index (χ0n) is 13.5. The van der Waals surface area contributed by atoms with Gasteiger partial charge < -0.3 is 10.4 Å². The lowest BCUT2D eigenvalue weighted by Crippen LogP contribution is -2.35. The van der Waals surface area contributed by atoms with E-state index in [0.29, 0.717) is 0 Å². The van der Waals surface area contributed by atoms with Crippen LogP contribution in [0.2, 0.25) is 0 Å². The number of hydrogen-bond donors (Lipinski definition) is 2. The number of benzene rings is 1. The molecule has 1 aromatic heterocycles. The van der Waals surface area contributed by atoms with E-state index in [1.807, 2.05) is 24.5 Å². The van der Waals surface area contributed by atoms with Gasteiger partial charge in [-0.3, -0.25) is 9.88 Å². The Hall–Kier alpha value is -1.75. The summed E-state index contributed by atoms with van der Waals surface area (Å²) in [5.41, 5.74) is 3.99. The molecule has 23 heavy (non-hydrogen) atoms. The van der Waals surface area contributed by atoms with Crippen molar-refractivity contribution in [2.24, 2.45) is 0 Å². The number of hydrogen-bond acceptors (Lipinski definition) is 4. The average Bonchev–Trinajstić information content (AvgIpc) is 2.59. The van der Waals surface area contributed by atoms with Crippen LogP contribution in [0, 0.1) is 0 Å². The standard InChI is InChI=1S/C19H25N3O/c23-19-7-11-22(12-8-19)15-18-4-2-1-3-17(18)14-21-13-16-5-9-20-10-6-16/h1-6,9-10,19,21,23H,7-8,11-15H2. The minimum Gasteiger partial charge on any atom is -0.393 e. The number of rotatable bonds is 6. The smallest absolute Gasteiger partial charge is 0.0564 e. The van der Waals surface area contributed by atoms with E-state index in [9.17, 15) is 5.11 Å². The largest absolute Gasteiger partial charge is 0.393 e. The lowest BCUT2D eigenvalue weighted by atomic mass is 10.0. The van der Waals surface area contributed by atoms with Gasteiger partial charge in [0.1, 0.15) is 0 Å². The molecule has 2 N–H and O–H groups in total. The summed E-state index contributed by atoms with van der Waals surface area (Å²) in [4.78, 5) is 6.48. The van der Waals surface area contributed by atoms with Gasteiger partial charge in [-0.25, -0.2) is 0 Å². The third kappa shape index (κ3) is 4.86. The van der Waals surface area contributed by atoms with Gasteiger partial charge in [0.15, 0.2) is 0 Å². The average molecular weight is 311 g/mol. The van der Waals surface area contributed by atoms with Gasteiger partial charge in [0, 0.05) is 45.1 Å². The Labute approximate surface area is 138 Å². The van der Waals surface area contributed by atoms with Gasteiger partial charge in [0.25, 0.3) is 0 Å². The molecule has 4 heteroatoms. The van der Waals surface area contributed by atoms with Crippen LogP contribution < -0.4 is 5.32 Å². The molecule has 4 nitrogen and oxygen atoms in total. The lowest BCUT2D eigenvalue weighted by Gasteiger charge is -2.30. The number of pyridine rings is 1. The van der Waals surface area contributed by atoms with Crippen molar-refractivity contribution in [3.05, 3.63) is 65.5 Å². The highest BCUT2D eigenvalue weighted by molar-refractivity contribution is 5.27. The van der Waals surface area contributed by atoms with Crippen LogP contribution >= 0.6 is 0 Å². The fourth-order valence-corrected chi connectivity index (χ4v) is 3.04. The van der Waals surface area contributed by atoms with E-state index in [2.05, 4.69) is 39.5 Å². The Balaban J connectivity index is 1.55. The predicted molar refractivity (Wildman–Crippen MR) is 91.7 cm³/mol. The van der Waals surface area contributed by atoms with Crippen molar-refractivity contribution in [2.75, 3.05) is 13.1 Å². The first kappa shape index (κ1) is 16.1. The first-order chi connectivity index (χ1) is 11.3. The van der Waals surface area contributed by atoms with Crippen molar-refractivity contribution < 1.29 is 5.11 Å². The molecule has 1 fully saturated rings. The normalized spacial score (nSPS) is 16.6. The second kappa shape index (κ2) is 8.20. The van der Waals surface area contributed by atoms with Crippen molar-refractivity contribution in [1.29, 1.82) is 0 Å². The summed E-state index contributed by atoms with van der Waals surface area (Å²) in [6, 6.07) is 12.7. The summed E-state index contributed by atoms with van der Waals surface area (Å²) in [5.74, 6) is 0. The summed E-state index contributed by atoms with van der Waals surface area (Å²) in [6.45, 7) is 4.67. The number of nitrogens with one attached hydrogen (secondary N) is 1. The van der Waals surface area contributed by atoms with E-state index in [4.69, 9.17) is 0 Å². The summed E-state index contributed by atoms with van der Waals surface area (Å²) < 4.78 is 0. The Kier molecular flexibility index (Phi) is 5.75. The van der Waals surface area contributed by atoms with Gasteiger partial charge in [-0.2, -0.15) is 0 Å². The molecule has 2 heterocycles. The molecule has 1 saturated heterocycles. The Bertz CT molecular complexity index is 595.